The van der Waals surface area contributed by atoms with Crippen LogP contribution < -0.4 is 0 Å². The number of benzene rings is 11. The van der Waals surface area contributed by atoms with Crippen molar-refractivity contribution < 1.29 is 29.1 Å². The lowest BCUT2D eigenvalue weighted by Crippen LogP contribution is -1.94. The van der Waals surface area contributed by atoms with E-state index in [0.29, 0.717) is 60.5 Å². The van der Waals surface area contributed by atoms with E-state index in [0.717, 1.165) is 10.8 Å². The van der Waals surface area contributed by atoms with Crippen LogP contribution in [0.4, 0.5) is 0 Å². The van der Waals surface area contributed by atoms with Crippen molar-refractivity contribution in [1.82, 2.24) is 0 Å². The summed E-state index contributed by atoms with van der Waals surface area (Å²) in [6.45, 7) is 0. The molecule has 1 aromatic heterocycles. The highest BCUT2D eigenvalue weighted by Gasteiger charge is 2.21. The quantitative estimate of drug-likeness (QED) is 0.164. The molecule has 1 nitrogen and oxygen atoms in total. The van der Waals surface area contributed by atoms with Crippen LogP contribution in [0.2, 0.25) is 0 Å². The highest BCUT2D eigenvalue weighted by Crippen LogP contribution is 2.48. The molecule has 12 aromatic rings. The number of hydrogen-bond donors (Lipinski definition) is 0. The van der Waals surface area contributed by atoms with Crippen molar-refractivity contribution in [2.45, 2.75) is 0 Å². The summed E-state index contributed by atoms with van der Waals surface area (Å²) < 4.78 is 165. The first kappa shape index (κ1) is 18.9. The van der Waals surface area contributed by atoms with Crippen LogP contribution in [0.15, 0.2) is 210 Å². The van der Waals surface area contributed by atoms with Crippen molar-refractivity contribution in [3.63, 3.8) is 0 Å². The van der Waals surface area contributed by atoms with Crippen molar-refractivity contribution >= 4 is 75.8 Å². The summed E-state index contributed by atoms with van der Waals surface area (Å²) in [5.74, 6) is 0. The average Bonchev–Trinajstić information content (AvgIpc) is 3.76. The molecule has 1 heteroatoms. The Bertz CT molecular complexity index is 4570. The van der Waals surface area contributed by atoms with E-state index in [9.17, 15) is 2.74 Å². The van der Waals surface area contributed by atoms with Gasteiger partial charge in [0.05, 0.1) is 24.7 Å². The summed E-state index contributed by atoms with van der Waals surface area (Å²) >= 11 is 0. The van der Waals surface area contributed by atoms with E-state index in [1.165, 1.54) is 24.3 Å². The smallest absolute Gasteiger partial charge is 0.136 e. The Morgan fingerprint density at radius 2 is 0.930 bits per heavy atom. The van der Waals surface area contributed by atoms with Crippen molar-refractivity contribution in [2.24, 2.45) is 0 Å². The molecule has 264 valence electrons. The zero-order valence-corrected chi connectivity index (χ0v) is 29.6. The van der Waals surface area contributed by atoms with E-state index in [1.807, 2.05) is 48.5 Å². The molecule has 0 saturated heterocycles. The highest BCUT2D eigenvalue weighted by atomic mass is 16.3. The van der Waals surface area contributed by atoms with Crippen molar-refractivity contribution in [1.29, 1.82) is 0 Å². The molecule has 1 heterocycles. The standard InChI is InChI=1S/C56H34O/c1-3-14-38-31-40(23-21-35(38)11-1)41-26-28-45-51-33-43(27-30-52(51)57-53(45)34-41)54-44-16-6-5-13-37(44)25-29-50(54)56-48-19-9-7-17-46(48)55(47-18-8-10-20-49(47)56)42-24-22-36-12-2-4-15-39(36)32-42/h1-34H/i1D,2D,3D,4D,7D,8D,9D,10D,11D,12D,14D,15D,21D,22D,23D,24D,31D,32D. The van der Waals surface area contributed by atoms with Gasteiger partial charge in [-0.1, -0.05) is 169 Å². The summed E-state index contributed by atoms with van der Waals surface area (Å²) in [6, 6.07) is 20.2. The van der Waals surface area contributed by atoms with Crippen LogP contribution in [0.25, 0.3) is 120 Å². The first-order valence-corrected chi connectivity index (χ1v) is 18.2. The van der Waals surface area contributed by atoms with Gasteiger partial charge in [0, 0.05) is 10.8 Å². The summed E-state index contributed by atoms with van der Waals surface area (Å²) in [6.07, 6.45) is 0. The summed E-state index contributed by atoms with van der Waals surface area (Å²) in [7, 11) is 0. The van der Waals surface area contributed by atoms with Gasteiger partial charge < -0.3 is 4.42 Å². The molecule has 0 bridgehead atoms. The molecule has 11 aromatic carbocycles. The fourth-order valence-electron chi connectivity index (χ4n) is 8.15. The van der Waals surface area contributed by atoms with E-state index < -0.39 is 72.5 Å². The third-order valence-electron chi connectivity index (χ3n) is 10.7. The molecule has 0 spiro atoms. The summed E-state index contributed by atoms with van der Waals surface area (Å²) in [5, 5.41) is 3.32. The second-order valence-electron chi connectivity index (χ2n) is 13.8. The molecule has 0 saturated carbocycles. The fourth-order valence-corrected chi connectivity index (χ4v) is 8.15. The monoisotopic (exact) mass is 740 g/mol. The molecule has 0 unspecified atom stereocenters. The molecule has 57 heavy (non-hydrogen) atoms. The Labute approximate surface area is 355 Å². The normalized spacial score (nSPS) is 16.3. The van der Waals surface area contributed by atoms with Crippen LogP contribution in [-0.4, -0.2) is 0 Å². The minimum atomic E-state index is -0.624. The maximum atomic E-state index is 9.59. The zero-order chi connectivity index (χ0) is 53.1. The third-order valence-corrected chi connectivity index (χ3v) is 10.7. The first-order chi connectivity index (χ1) is 35.7. The number of rotatable bonds is 4. The van der Waals surface area contributed by atoms with Gasteiger partial charge >= 0.3 is 0 Å². The molecular formula is C56H34O. The van der Waals surface area contributed by atoms with Gasteiger partial charge in [-0.2, -0.15) is 0 Å². The Morgan fingerprint density at radius 3 is 1.65 bits per heavy atom. The lowest BCUT2D eigenvalue weighted by molar-refractivity contribution is 0.669. The van der Waals surface area contributed by atoms with Gasteiger partial charge in [-0.15, -0.1) is 0 Å². The van der Waals surface area contributed by atoms with E-state index in [4.69, 9.17) is 26.3 Å². The van der Waals surface area contributed by atoms with Crippen LogP contribution in [-0.2, 0) is 0 Å². The van der Waals surface area contributed by atoms with E-state index in [1.54, 1.807) is 24.3 Å². The zero-order valence-electron chi connectivity index (χ0n) is 47.6. The Hall–Kier alpha value is -7.48. The molecule has 0 amide bonds. The maximum absolute atomic E-state index is 9.59. The topological polar surface area (TPSA) is 13.1 Å². The van der Waals surface area contributed by atoms with Gasteiger partial charge in [0.2, 0.25) is 0 Å². The molecule has 0 fully saturated rings. The molecule has 0 aliphatic rings. The number of hydrogen-bond acceptors (Lipinski definition) is 1. The van der Waals surface area contributed by atoms with Gasteiger partial charge in [-0.25, -0.2) is 0 Å². The second kappa shape index (κ2) is 12.5. The van der Waals surface area contributed by atoms with Crippen LogP contribution in [0.1, 0.15) is 24.7 Å². The largest absolute Gasteiger partial charge is 0.456 e. The van der Waals surface area contributed by atoms with Crippen LogP contribution in [0, 0.1) is 0 Å². The van der Waals surface area contributed by atoms with E-state index >= 15 is 0 Å². The van der Waals surface area contributed by atoms with Gasteiger partial charge in [-0.05, 0) is 135 Å². The fraction of sp³-hybridized carbons (Fsp3) is 0. The Morgan fingerprint density at radius 1 is 0.316 bits per heavy atom. The highest BCUT2D eigenvalue weighted by molar-refractivity contribution is 6.24. The predicted molar refractivity (Wildman–Crippen MR) is 243 cm³/mol. The van der Waals surface area contributed by atoms with E-state index in [2.05, 4.69) is 0 Å². The molecule has 0 radical (unpaired) electrons. The van der Waals surface area contributed by atoms with Crippen LogP contribution in [0.3, 0.4) is 0 Å². The van der Waals surface area contributed by atoms with Crippen LogP contribution >= 0.6 is 0 Å². The molecule has 12 rings (SSSR count). The van der Waals surface area contributed by atoms with Crippen molar-refractivity contribution in [2.75, 3.05) is 0 Å². The van der Waals surface area contributed by atoms with Gasteiger partial charge in [0.15, 0.2) is 0 Å². The predicted octanol–water partition coefficient (Wildman–Crippen LogP) is 16.0. The Kier molecular flexibility index (Phi) is 4.16. The summed E-state index contributed by atoms with van der Waals surface area (Å²) in [4.78, 5) is 0. The van der Waals surface area contributed by atoms with Crippen molar-refractivity contribution in [3.05, 3.63) is 206 Å². The van der Waals surface area contributed by atoms with Gasteiger partial charge in [0.1, 0.15) is 11.2 Å². The summed E-state index contributed by atoms with van der Waals surface area (Å²) in [5.41, 5.74) is 3.63. The van der Waals surface area contributed by atoms with Gasteiger partial charge in [0.25, 0.3) is 0 Å². The maximum Gasteiger partial charge on any atom is 0.136 e. The third kappa shape index (κ3) is 5.03. The lowest BCUT2D eigenvalue weighted by atomic mass is 9.82. The molecular weight excluding hydrogens is 689 g/mol. The van der Waals surface area contributed by atoms with Gasteiger partial charge in [-0.3, -0.25) is 0 Å². The SMILES string of the molecule is [2H]c1cc2c(-c3ccc4ccccc4c3-c3ccc4oc5cc(-c6c([2H])c([2H])c7c([2H])c([2H])c([2H])c([2H])c7c6[2H])ccc5c4c3)c3cc([2H])c([2H])cc3c(-c3c([2H])c([2H])c4c([2H])c([2H])c([2H])c([2H])c4c3[2H])c2cc1[2H]. The first-order valence-electron chi connectivity index (χ1n) is 27.2. The molecule has 0 N–H and O–H groups in total. The minimum Gasteiger partial charge on any atom is -0.456 e. The van der Waals surface area contributed by atoms with Crippen molar-refractivity contribution in [3.8, 4) is 44.5 Å². The Balaban J connectivity index is 1.14. The molecule has 0 aliphatic heterocycles. The number of furan rings is 1. The minimum absolute atomic E-state index is 0.000267. The number of fused-ring (bicyclic) bond motifs is 8. The second-order valence-corrected chi connectivity index (χ2v) is 13.8. The molecule has 0 aliphatic carbocycles. The van der Waals surface area contributed by atoms with Crippen LogP contribution in [0.5, 0.6) is 0 Å². The molecule has 0 atom stereocenters. The average molecular weight is 741 g/mol. The van der Waals surface area contributed by atoms with E-state index in [-0.39, 0.29) is 85.3 Å². The lowest BCUT2D eigenvalue weighted by Gasteiger charge is -2.21.